The largest absolute Gasteiger partial charge is 0.396 e. The molecule has 0 aromatic rings. The fourth-order valence-electron chi connectivity index (χ4n) is 1.79. The van der Waals surface area contributed by atoms with Gasteiger partial charge in [0.15, 0.2) is 0 Å². The molecule has 0 heterocycles. The van der Waals surface area contributed by atoms with Crippen molar-refractivity contribution in [1.82, 2.24) is 5.32 Å². The van der Waals surface area contributed by atoms with Crippen LogP contribution in [0.2, 0.25) is 0 Å². The van der Waals surface area contributed by atoms with Gasteiger partial charge in [0.2, 0.25) is 0 Å². The van der Waals surface area contributed by atoms with Gasteiger partial charge in [-0.3, -0.25) is 0 Å². The van der Waals surface area contributed by atoms with Gasteiger partial charge in [0.25, 0.3) is 0 Å². The summed E-state index contributed by atoms with van der Waals surface area (Å²) >= 11 is 0. The van der Waals surface area contributed by atoms with E-state index in [9.17, 15) is 0 Å². The molecule has 0 amide bonds. The fraction of sp³-hybridized carbons (Fsp3) is 1.00. The van der Waals surface area contributed by atoms with Crippen LogP contribution in [0.25, 0.3) is 0 Å². The summed E-state index contributed by atoms with van der Waals surface area (Å²) in [5.74, 6) is 0. The van der Waals surface area contributed by atoms with Gasteiger partial charge in [-0.1, -0.05) is 32.6 Å². The number of unbranched alkanes of at least 4 members (excludes halogenated alkanes) is 4. The molecule has 1 unspecified atom stereocenters. The summed E-state index contributed by atoms with van der Waals surface area (Å²) < 4.78 is 5.20. The minimum Gasteiger partial charge on any atom is -0.396 e. The van der Waals surface area contributed by atoms with E-state index in [1.165, 1.54) is 32.1 Å². The third-order valence-electron chi connectivity index (χ3n) is 2.79. The SMILES string of the molecule is CCCCC(COC)NCCCCCCO. The summed E-state index contributed by atoms with van der Waals surface area (Å²) in [5.41, 5.74) is 0. The lowest BCUT2D eigenvalue weighted by atomic mass is 10.1. The second kappa shape index (κ2) is 12.9. The van der Waals surface area contributed by atoms with Gasteiger partial charge in [-0.15, -0.1) is 0 Å². The lowest BCUT2D eigenvalue weighted by Gasteiger charge is -2.17. The van der Waals surface area contributed by atoms with E-state index in [-0.39, 0.29) is 0 Å². The average molecular weight is 231 g/mol. The lowest BCUT2D eigenvalue weighted by Crippen LogP contribution is -2.33. The molecule has 0 bridgehead atoms. The second-order valence-corrected chi connectivity index (χ2v) is 4.39. The van der Waals surface area contributed by atoms with Gasteiger partial charge in [-0.25, -0.2) is 0 Å². The third-order valence-corrected chi connectivity index (χ3v) is 2.79. The predicted molar refractivity (Wildman–Crippen MR) is 68.7 cm³/mol. The van der Waals surface area contributed by atoms with Gasteiger partial charge in [0.05, 0.1) is 6.61 Å². The summed E-state index contributed by atoms with van der Waals surface area (Å²) in [6.07, 6.45) is 8.22. The average Bonchev–Trinajstić information content (AvgIpc) is 2.30. The second-order valence-electron chi connectivity index (χ2n) is 4.39. The Kier molecular flexibility index (Phi) is 12.9. The smallest absolute Gasteiger partial charge is 0.0615 e. The maximum absolute atomic E-state index is 8.65. The molecule has 0 saturated heterocycles. The van der Waals surface area contributed by atoms with E-state index >= 15 is 0 Å². The van der Waals surface area contributed by atoms with Crippen molar-refractivity contribution in [3.05, 3.63) is 0 Å². The summed E-state index contributed by atoms with van der Waals surface area (Å²) in [4.78, 5) is 0. The molecule has 0 rings (SSSR count). The Labute approximate surface area is 101 Å². The highest BCUT2D eigenvalue weighted by Crippen LogP contribution is 2.02. The first kappa shape index (κ1) is 15.9. The summed E-state index contributed by atoms with van der Waals surface area (Å²) in [6.45, 7) is 4.44. The monoisotopic (exact) mass is 231 g/mol. The van der Waals surface area contributed by atoms with Crippen LogP contribution in [-0.4, -0.2) is 38.0 Å². The van der Waals surface area contributed by atoms with Crippen molar-refractivity contribution in [3.63, 3.8) is 0 Å². The molecule has 0 aromatic heterocycles. The van der Waals surface area contributed by atoms with Crippen LogP contribution in [0.4, 0.5) is 0 Å². The van der Waals surface area contributed by atoms with Crippen molar-refractivity contribution < 1.29 is 9.84 Å². The number of nitrogens with one attached hydrogen (secondary N) is 1. The van der Waals surface area contributed by atoms with Crippen LogP contribution < -0.4 is 5.32 Å². The van der Waals surface area contributed by atoms with Crippen molar-refractivity contribution in [2.24, 2.45) is 0 Å². The van der Waals surface area contributed by atoms with E-state index in [4.69, 9.17) is 9.84 Å². The standard InChI is InChI=1S/C13H29NO2/c1-3-4-9-13(12-16-2)14-10-7-5-6-8-11-15/h13-15H,3-12H2,1-2H3. The van der Waals surface area contributed by atoms with Gasteiger partial charge in [-0.05, 0) is 25.8 Å². The molecule has 16 heavy (non-hydrogen) atoms. The quantitative estimate of drug-likeness (QED) is 0.507. The van der Waals surface area contributed by atoms with Crippen molar-refractivity contribution in [2.75, 3.05) is 26.9 Å². The van der Waals surface area contributed by atoms with Gasteiger partial charge in [-0.2, -0.15) is 0 Å². The van der Waals surface area contributed by atoms with Crippen molar-refractivity contribution in [1.29, 1.82) is 0 Å². The minimum atomic E-state index is 0.330. The Morgan fingerprint density at radius 2 is 1.88 bits per heavy atom. The van der Waals surface area contributed by atoms with Crippen LogP contribution >= 0.6 is 0 Å². The Balaban J connectivity index is 3.36. The molecule has 0 saturated carbocycles. The Morgan fingerprint density at radius 3 is 2.50 bits per heavy atom. The highest BCUT2D eigenvalue weighted by molar-refractivity contribution is 4.65. The zero-order chi connectivity index (χ0) is 12.1. The first-order valence-electron chi connectivity index (χ1n) is 6.68. The molecule has 0 aliphatic carbocycles. The van der Waals surface area contributed by atoms with Gasteiger partial charge >= 0.3 is 0 Å². The molecule has 3 nitrogen and oxygen atoms in total. The zero-order valence-corrected chi connectivity index (χ0v) is 11.0. The number of rotatable bonds is 12. The number of aliphatic hydroxyl groups excluding tert-OH is 1. The van der Waals surface area contributed by atoms with Gasteiger partial charge in [0, 0.05) is 19.8 Å². The van der Waals surface area contributed by atoms with Crippen LogP contribution in [0.15, 0.2) is 0 Å². The van der Waals surface area contributed by atoms with Gasteiger partial charge < -0.3 is 15.2 Å². The fourth-order valence-corrected chi connectivity index (χ4v) is 1.79. The summed E-state index contributed by atoms with van der Waals surface area (Å²) in [5, 5.41) is 12.2. The molecular formula is C13H29NO2. The minimum absolute atomic E-state index is 0.330. The van der Waals surface area contributed by atoms with Crippen LogP contribution in [0, 0.1) is 0 Å². The van der Waals surface area contributed by atoms with E-state index in [2.05, 4.69) is 12.2 Å². The van der Waals surface area contributed by atoms with E-state index in [0.717, 1.165) is 26.0 Å². The number of hydrogen-bond donors (Lipinski definition) is 2. The molecule has 0 aliphatic rings. The maximum Gasteiger partial charge on any atom is 0.0615 e. The van der Waals surface area contributed by atoms with Crippen molar-refractivity contribution in [3.8, 4) is 0 Å². The zero-order valence-electron chi connectivity index (χ0n) is 11.0. The van der Waals surface area contributed by atoms with Crippen molar-refractivity contribution >= 4 is 0 Å². The predicted octanol–water partition coefficient (Wildman–Crippen LogP) is 2.33. The number of methoxy groups -OCH3 is 1. The molecule has 0 radical (unpaired) electrons. The van der Waals surface area contributed by atoms with E-state index in [1.807, 2.05) is 0 Å². The third kappa shape index (κ3) is 10.4. The molecule has 0 spiro atoms. The topological polar surface area (TPSA) is 41.5 Å². The Bertz CT molecular complexity index is 131. The number of aliphatic hydroxyl groups is 1. The highest BCUT2D eigenvalue weighted by Gasteiger charge is 2.05. The summed E-state index contributed by atoms with van der Waals surface area (Å²) in [7, 11) is 1.77. The molecule has 1 atom stereocenters. The number of hydrogen-bond acceptors (Lipinski definition) is 3. The van der Waals surface area contributed by atoms with E-state index in [0.29, 0.717) is 12.6 Å². The molecule has 2 N–H and O–H groups in total. The summed E-state index contributed by atoms with van der Waals surface area (Å²) in [6, 6.07) is 0.516. The maximum atomic E-state index is 8.65. The number of ether oxygens (including phenoxy) is 1. The first-order valence-corrected chi connectivity index (χ1v) is 6.68. The van der Waals surface area contributed by atoms with Crippen LogP contribution in [-0.2, 0) is 4.74 Å². The molecule has 98 valence electrons. The lowest BCUT2D eigenvalue weighted by molar-refractivity contribution is 0.161. The highest BCUT2D eigenvalue weighted by atomic mass is 16.5. The van der Waals surface area contributed by atoms with Gasteiger partial charge in [0.1, 0.15) is 0 Å². The molecule has 0 aromatic carbocycles. The Hall–Kier alpha value is -0.120. The molecular weight excluding hydrogens is 202 g/mol. The van der Waals surface area contributed by atoms with E-state index < -0.39 is 0 Å². The van der Waals surface area contributed by atoms with Crippen LogP contribution in [0.5, 0.6) is 0 Å². The molecule has 0 aliphatic heterocycles. The first-order chi connectivity index (χ1) is 7.85. The molecule has 0 fully saturated rings. The van der Waals surface area contributed by atoms with Crippen molar-refractivity contribution in [2.45, 2.75) is 57.9 Å². The van der Waals surface area contributed by atoms with E-state index in [1.54, 1.807) is 7.11 Å². The Morgan fingerprint density at radius 1 is 1.12 bits per heavy atom. The van der Waals surface area contributed by atoms with Crippen LogP contribution in [0.3, 0.4) is 0 Å². The molecule has 3 heteroatoms. The van der Waals surface area contributed by atoms with Crippen LogP contribution in [0.1, 0.15) is 51.9 Å². The normalized spacial score (nSPS) is 12.9.